The summed E-state index contributed by atoms with van der Waals surface area (Å²) in [5.41, 5.74) is 2.49. The number of likely N-dealkylation sites (N-methyl/N-ethyl adjacent to an activating group) is 2. The van der Waals surface area contributed by atoms with Crippen LogP contribution in [-0.4, -0.2) is 88.6 Å². The number of H-pyrrole nitrogens is 1. The van der Waals surface area contributed by atoms with Gasteiger partial charge >= 0.3 is 0 Å². The molecule has 0 bridgehead atoms. The fraction of sp³-hybridized carbons (Fsp3) is 0.414. The van der Waals surface area contributed by atoms with Crippen molar-refractivity contribution < 1.29 is 9.59 Å². The Morgan fingerprint density at radius 3 is 2.77 bits per heavy atom. The lowest BCUT2D eigenvalue weighted by Gasteiger charge is -2.23. The van der Waals surface area contributed by atoms with Crippen LogP contribution in [0.3, 0.4) is 0 Å². The highest BCUT2D eigenvalue weighted by atomic mass is 16.2. The van der Waals surface area contributed by atoms with E-state index in [1.807, 2.05) is 37.2 Å². The third-order valence-electron chi connectivity index (χ3n) is 6.07. The normalized spacial score (nSPS) is 11.8. The van der Waals surface area contributed by atoms with Gasteiger partial charge in [0.15, 0.2) is 0 Å². The van der Waals surface area contributed by atoms with Crippen LogP contribution in [0.25, 0.3) is 10.9 Å². The topological polar surface area (TPSA) is 131 Å². The molecule has 0 unspecified atom stereocenters. The zero-order valence-electron chi connectivity index (χ0n) is 23.9. The molecule has 0 spiro atoms. The monoisotopic (exact) mass is 545 g/mol. The molecule has 1 atom stereocenters. The van der Waals surface area contributed by atoms with Crippen molar-refractivity contribution in [2.45, 2.75) is 39.2 Å². The number of benzene rings is 1. The maximum atomic E-state index is 12.5. The van der Waals surface area contributed by atoms with Gasteiger partial charge in [0.05, 0.1) is 23.5 Å². The van der Waals surface area contributed by atoms with Gasteiger partial charge in [0.1, 0.15) is 11.9 Å². The van der Waals surface area contributed by atoms with Crippen molar-refractivity contribution >= 4 is 40.2 Å². The Labute approximate surface area is 235 Å². The Bertz CT molecular complexity index is 1370. The van der Waals surface area contributed by atoms with Crippen molar-refractivity contribution in [3.63, 3.8) is 0 Å². The molecule has 0 fully saturated rings. The van der Waals surface area contributed by atoms with Gasteiger partial charge < -0.3 is 25.8 Å². The fourth-order valence-electron chi connectivity index (χ4n) is 3.60. The molecule has 11 heteroatoms. The Kier molecular flexibility index (Phi) is 11.5. The second kappa shape index (κ2) is 15.2. The van der Waals surface area contributed by atoms with Crippen LogP contribution >= 0.6 is 0 Å². The highest BCUT2D eigenvalue weighted by molar-refractivity contribution is 5.92. The number of rotatable bonds is 13. The van der Waals surface area contributed by atoms with Gasteiger partial charge in [-0.25, -0.2) is 4.98 Å². The van der Waals surface area contributed by atoms with Crippen LogP contribution in [-0.2, 0) is 9.59 Å². The summed E-state index contributed by atoms with van der Waals surface area (Å²) in [6.45, 7) is 5.69. The average Bonchev–Trinajstić information content (AvgIpc) is 3.41. The molecule has 1 aromatic carbocycles. The number of hydrogen-bond acceptors (Lipinski definition) is 8. The highest BCUT2D eigenvalue weighted by Crippen LogP contribution is 2.21. The van der Waals surface area contributed by atoms with E-state index in [-0.39, 0.29) is 11.8 Å². The standard InChI is InChI=1S/C29H39N9O2/c1-6-15-30-27-23(19-32-29(35-27)34-24-14-13-22-20-33-36-25(22)18-24)11-8-7-9-16-31-28(40)21(2)38(5)26(39)12-10-17-37(3)4/h10,12-14,18-21H,6-7,9,15-17H2,1-5H3,(H,31,40)(H,33,36)(H2,30,32,34,35)/b12-10+/t21-/m0/s1. The Morgan fingerprint density at radius 2 is 2.00 bits per heavy atom. The Balaban J connectivity index is 1.51. The third kappa shape index (κ3) is 9.10. The second-order valence-electron chi connectivity index (χ2n) is 9.67. The summed E-state index contributed by atoms with van der Waals surface area (Å²) in [6, 6.07) is 5.31. The van der Waals surface area contributed by atoms with Crippen molar-refractivity contribution in [2.75, 3.05) is 51.4 Å². The molecule has 0 saturated heterocycles. The molecule has 3 aromatic rings. The summed E-state index contributed by atoms with van der Waals surface area (Å²) < 4.78 is 0. The predicted molar refractivity (Wildman–Crippen MR) is 159 cm³/mol. The predicted octanol–water partition coefficient (Wildman–Crippen LogP) is 3.13. The Morgan fingerprint density at radius 1 is 1.18 bits per heavy atom. The van der Waals surface area contributed by atoms with Gasteiger partial charge in [0, 0.05) is 50.3 Å². The van der Waals surface area contributed by atoms with Gasteiger partial charge in [-0.15, -0.1) is 0 Å². The molecular weight excluding hydrogens is 506 g/mol. The van der Waals surface area contributed by atoms with Gasteiger partial charge in [-0.2, -0.15) is 10.1 Å². The number of unbranched alkanes of at least 4 members (excludes halogenated alkanes) is 1. The molecular formula is C29H39N9O2. The fourth-order valence-corrected chi connectivity index (χ4v) is 3.60. The van der Waals surface area contributed by atoms with Crippen molar-refractivity contribution in [3.05, 3.63) is 48.3 Å². The van der Waals surface area contributed by atoms with E-state index < -0.39 is 6.04 Å². The number of carbonyl (C=O) groups is 2. The number of fused-ring (bicyclic) bond motifs is 1. The van der Waals surface area contributed by atoms with Gasteiger partial charge in [0.25, 0.3) is 0 Å². The first-order valence-electron chi connectivity index (χ1n) is 13.4. The minimum Gasteiger partial charge on any atom is -0.369 e. The minimum atomic E-state index is -0.569. The second-order valence-corrected chi connectivity index (χ2v) is 9.67. The third-order valence-corrected chi connectivity index (χ3v) is 6.07. The molecule has 40 heavy (non-hydrogen) atoms. The molecule has 2 amide bonds. The van der Waals surface area contributed by atoms with Crippen LogP contribution in [0.2, 0.25) is 0 Å². The summed E-state index contributed by atoms with van der Waals surface area (Å²) in [6.07, 6.45) is 8.98. The molecule has 0 saturated carbocycles. The first-order chi connectivity index (χ1) is 19.3. The summed E-state index contributed by atoms with van der Waals surface area (Å²) >= 11 is 0. The Hall–Kier alpha value is -4.43. The molecule has 0 aliphatic heterocycles. The number of amides is 2. The molecule has 212 valence electrons. The minimum absolute atomic E-state index is 0.195. The quantitative estimate of drug-likeness (QED) is 0.146. The molecule has 11 nitrogen and oxygen atoms in total. The number of nitrogens with one attached hydrogen (secondary N) is 4. The van der Waals surface area contributed by atoms with E-state index >= 15 is 0 Å². The van der Waals surface area contributed by atoms with Crippen LogP contribution in [0.4, 0.5) is 17.5 Å². The average molecular weight is 546 g/mol. The van der Waals surface area contributed by atoms with Crippen LogP contribution in [0.5, 0.6) is 0 Å². The molecule has 2 heterocycles. The summed E-state index contributed by atoms with van der Waals surface area (Å²) in [4.78, 5) is 37.2. The van der Waals surface area contributed by atoms with Crippen molar-refractivity contribution in [2.24, 2.45) is 0 Å². The molecule has 2 aromatic heterocycles. The van der Waals surface area contributed by atoms with Gasteiger partial charge in [-0.1, -0.05) is 24.8 Å². The van der Waals surface area contributed by atoms with Crippen molar-refractivity contribution in [1.29, 1.82) is 0 Å². The van der Waals surface area contributed by atoms with E-state index in [0.717, 1.165) is 29.6 Å². The molecule has 0 aliphatic rings. The van der Waals surface area contributed by atoms with Crippen LogP contribution in [0, 0.1) is 11.8 Å². The number of aromatic nitrogens is 4. The van der Waals surface area contributed by atoms with Gasteiger partial charge in [-0.05, 0) is 52.1 Å². The largest absolute Gasteiger partial charge is 0.369 e. The van der Waals surface area contributed by atoms with Gasteiger partial charge in [0.2, 0.25) is 17.8 Å². The van der Waals surface area contributed by atoms with Crippen LogP contribution in [0.15, 0.2) is 42.7 Å². The van der Waals surface area contributed by atoms with E-state index in [2.05, 4.69) is 54.9 Å². The zero-order valence-corrected chi connectivity index (χ0v) is 23.9. The first kappa shape index (κ1) is 30.1. The van der Waals surface area contributed by atoms with E-state index in [1.54, 1.807) is 32.4 Å². The molecule has 0 aliphatic carbocycles. The summed E-state index contributed by atoms with van der Waals surface area (Å²) in [5, 5.41) is 17.5. The lowest BCUT2D eigenvalue weighted by Crippen LogP contribution is -2.45. The zero-order chi connectivity index (χ0) is 28.9. The maximum Gasteiger partial charge on any atom is 0.246 e. The number of carbonyl (C=O) groups excluding carboxylic acids is 2. The highest BCUT2D eigenvalue weighted by Gasteiger charge is 2.20. The van der Waals surface area contributed by atoms with Gasteiger partial charge in [-0.3, -0.25) is 14.7 Å². The van der Waals surface area contributed by atoms with Crippen LogP contribution < -0.4 is 16.0 Å². The number of hydrogen-bond donors (Lipinski definition) is 4. The number of aromatic amines is 1. The van der Waals surface area contributed by atoms with Crippen molar-refractivity contribution in [3.8, 4) is 11.8 Å². The van der Waals surface area contributed by atoms with E-state index in [4.69, 9.17) is 0 Å². The number of anilines is 3. The molecule has 3 rings (SSSR count). The summed E-state index contributed by atoms with van der Waals surface area (Å²) in [5.74, 6) is 7.04. The SMILES string of the molecule is CCCNc1nc(Nc2ccc3cn[nH]c3c2)ncc1C#CCCCNC(=O)[C@H](C)N(C)C(=O)/C=C/CN(C)C. The van der Waals surface area contributed by atoms with Crippen LogP contribution in [0.1, 0.15) is 38.7 Å². The lowest BCUT2D eigenvalue weighted by molar-refractivity contribution is -0.135. The van der Waals surface area contributed by atoms with E-state index in [0.29, 0.717) is 43.3 Å². The molecule has 0 radical (unpaired) electrons. The van der Waals surface area contributed by atoms with E-state index in [9.17, 15) is 9.59 Å². The van der Waals surface area contributed by atoms with E-state index in [1.165, 1.54) is 11.0 Å². The first-order valence-corrected chi connectivity index (χ1v) is 13.4. The molecule has 4 N–H and O–H groups in total. The number of nitrogens with zero attached hydrogens (tertiary/aromatic N) is 5. The smallest absolute Gasteiger partial charge is 0.246 e. The summed E-state index contributed by atoms with van der Waals surface area (Å²) in [7, 11) is 5.48. The lowest BCUT2D eigenvalue weighted by atomic mass is 10.2. The maximum absolute atomic E-state index is 12.5. The van der Waals surface area contributed by atoms with Crippen molar-refractivity contribution in [1.82, 2.24) is 35.3 Å².